The lowest BCUT2D eigenvalue weighted by Crippen LogP contribution is -2.27. The van der Waals surface area contributed by atoms with Gasteiger partial charge >= 0.3 is 0 Å². The van der Waals surface area contributed by atoms with Crippen molar-refractivity contribution < 1.29 is 9.90 Å². The Balaban J connectivity index is 0.000000159. The largest absolute Gasteiger partial charge is 0.384 e. The molecule has 2 nitrogen and oxygen atoms in total. The minimum atomic E-state index is -0.519. The minimum Gasteiger partial charge on any atom is -0.384 e. The Bertz CT molecular complexity index is 681. The average molecular weight is 601 g/mol. The molecule has 0 bridgehead atoms. The summed E-state index contributed by atoms with van der Waals surface area (Å²) in [6, 6.07) is 8.08. The third-order valence-corrected chi connectivity index (χ3v) is 8.64. The molecule has 0 spiro atoms. The van der Waals surface area contributed by atoms with Gasteiger partial charge in [0.05, 0.1) is 17.0 Å². The molecule has 2 aromatic heterocycles. The van der Waals surface area contributed by atoms with Crippen LogP contribution < -0.4 is 0 Å². The van der Waals surface area contributed by atoms with Gasteiger partial charge in [-0.3, -0.25) is 4.79 Å². The van der Waals surface area contributed by atoms with Gasteiger partial charge in [0.15, 0.2) is 0 Å². The first-order chi connectivity index (χ1) is 12.9. The normalized spacial score (nSPS) is 18.7. The van der Waals surface area contributed by atoms with Crippen molar-refractivity contribution in [3.05, 3.63) is 40.5 Å². The molecule has 150 valence electrons. The van der Waals surface area contributed by atoms with Crippen molar-refractivity contribution in [2.24, 2.45) is 0 Å². The number of Topliss-reactive ketones (excluding diaryl/α,β-unsaturated/α-hetero) is 1. The first kappa shape index (κ1) is 23.7. The fourth-order valence-electron chi connectivity index (χ4n) is 3.19. The van der Waals surface area contributed by atoms with Crippen LogP contribution in [0.1, 0.15) is 69.1 Å². The molecule has 0 aromatic carbocycles. The summed E-state index contributed by atoms with van der Waals surface area (Å²) in [5, 5.41) is 10.3. The Morgan fingerprint density at radius 2 is 1.22 bits per heavy atom. The van der Waals surface area contributed by atoms with Crippen molar-refractivity contribution in [1.29, 1.82) is 0 Å². The van der Waals surface area contributed by atoms with Gasteiger partial charge in [-0.05, 0) is 97.7 Å². The Kier molecular flexibility index (Phi) is 10.8. The van der Waals surface area contributed by atoms with Crippen LogP contribution in [0, 0.1) is 0 Å². The monoisotopic (exact) mass is 598 g/mol. The zero-order valence-corrected chi connectivity index (χ0v) is 21.6. The summed E-state index contributed by atoms with van der Waals surface area (Å²) in [5.74, 6) is 0.464. The maximum Gasteiger partial charge on any atom is 0.132 e. The molecule has 0 unspecified atom stereocenters. The number of rotatable bonds is 1. The Labute approximate surface area is 195 Å². The van der Waals surface area contributed by atoms with Gasteiger partial charge in [-0.1, -0.05) is 25.7 Å². The van der Waals surface area contributed by atoms with Crippen LogP contribution in [0.5, 0.6) is 0 Å². The highest BCUT2D eigenvalue weighted by Crippen LogP contribution is 2.41. The molecule has 0 amide bonds. The van der Waals surface area contributed by atoms with Crippen LogP contribution >= 0.6 is 70.5 Å². The van der Waals surface area contributed by atoms with E-state index >= 15 is 0 Å². The van der Waals surface area contributed by atoms with E-state index in [0.29, 0.717) is 5.78 Å². The van der Waals surface area contributed by atoms with Crippen LogP contribution in [0.15, 0.2) is 35.6 Å². The number of ketones is 1. The SMILES string of the molecule is Brc1ccc(Br)s1.O=C1CCCCC1.OC1(c2ccc(Br)s2)CCCCC1. The molecule has 2 heterocycles. The quantitative estimate of drug-likeness (QED) is 0.356. The second-order valence-corrected chi connectivity index (χ2v) is 13.1. The van der Waals surface area contributed by atoms with Crippen LogP contribution in [0.2, 0.25) is 0 Å². The van der Waals surface area contributed by atoms with Crippen LogP contribution in [0.3, 0.4) is 0 Å². The maximum atomic E-state index is 10.5. The van der Waals surface area contributed by atoms with Crippen LogP contribution in [-0.2, 0) is 10.4 Å². The van der Waals surface area contributed by atoms with Crippen LogP contribution in [-0.4, -0.2) is 10.9 Å². The smallest absolute Gasteiger partial charge is 0.132 e. The fraction of sp³-hybridized carbons (Fsp3) is 0.550. The van der Waals surface area contributed by atoms with E-state index in [4.69, 9.17) is 0 Å². The molecule has 2 aromatic rings. The zero-order chi connectivity index (χ0) is 19.7. The molecule has 2 aliphatic rings. The van der Waals surface area contributed by atoms with Gasteiger partial charge in [-0.25, -0.2) is 0 Å². The fourth-order valence-corrected chi connectivity index (χ4v) is 7.14. The van der Waals surface area contributed by atoms with E-state index in [0.717, 1.165) is 60.0 Å². The molecule has 1 N–H and O–H groups in total. The van der Waals surface area contributed by atoms with Crippen LogP contribution in [0.25, 0.3) is 0 Å². The van der Waals surface area contributed by atoms with E-state index in [9.17, 15) is 9.90 Å². The summed E-state index contributed by atoms with van der Waals surface area (Å²) >= 11 is 13.4. The summed E-state index contributed by atoms with van der Waals surface area (Å²) in [4.78, 5) is 11.6. The lowest BCUT2D eigenvalue weighted by atomic mass is 9.84. The molecule has 27 heavy (non-hydrogen) atoms. The average Bonchev–Trinajstić information content (AvgIpc) is 3.26. The summed E-state index contributed by atoms with van der Waals surface area (Å²) in [6.07, 6.45) is 10.7. The number of hydrogen-bond donors (Lipinski definition) is 1. The number of thiophene rings is 2. The summed E-state index contributed by atoms with van der Waals surface area (Å²) in [5.41, 5.74) is -0.519. The van der Waals surface area contributed by atoms with Crippen molar-refractivity contribution >= 4 is 76.2 Å². The topological polar surface area (TPSA) is 37.3 Å². The van der Waals surface area contributed by atoms with Gasteiger partial charge in [-0.2, -0.15) is 0 Å². The molecule has 0 saturated heterocycles. The van der Waals surface area contributed by atoms with E-state index in [1.165, 1.54) is 20.4 Å². The highest BCUT2D eigenvalue weighted by molar-refractivity contribution is 9.12. The predicted molar refractivity (Wildman–Crippen MR) is 127 cm³/mol. The Hall–Kier alpha value is 0.470. The van der Waals surface area contributed by atoms with Crippen molar-refractivity contribution in [2.45, 2.75) is 69.8 Å². The maximum absolute atomic E-state index is 10.5. The summed E-state index contributed by atoms with van der Waals surface area (Å²) < 4.78 is 3.44. The Morgan fingerprint density at radius 3 is 1.59 bits per heavy atom. The molecule has 4 rings (SSSR count). The van der Waals surface area contributed by atoms with Crippen molar-refractivity contribution in [1.82, 2.24) is 0 Å². The predicted octanol–water partition coefficient (Wildman–Crippen LogP) is 8.46. The van der Waals surface area contributed by atoms with Gasteiger partial charge in [0.25, 0.3) is 0 Å². The van der Waals surface area contributed by atoms with E-state index in [1.54, 1.807) is 22.7 Å². The molecular weight excluding hydrogens is 576 g/mol. The van der Waals surface area contributed by atoms with Crippen molar-refractivity contribution in [3.63, 3.8) is 0 Å². The Morgan fingerprint density at radius 1 is 0.741 bits per heavy atom. The molecule has 2 aliphatic carbocycles. The molecular formula is C20H25Br3O2S2. The van der Waals surface area contributed by atoms with E-state index in [2.05, 4.69) is 47.8 Å². The highest BCUT2D eigenvalue weighted by Gasteiger charge is 2.32. The number of carbonyl (C=O) groups excluding carboxylic acids is 1. The van der Waals surface area contributed by atoms with Gasteiger partial charge in [0, 0.05) is 17.7 Å². The third kappa shape index (κ3) is 8.79. The molecule has 0 aliphatic heterocycles. The van der Waals surface area contributed by atoms with Gasteiger partial charge < -0.3 is 5.11 Å². The molecule has 0 radical (unpaired) electrons. The minimum absolute atomic E-state index is 0.464. The third-order valence-electron chi connectivity index (χ3n) is 4.66. The van der Waals surface area contributed by atoms with Crippen LogP contribution in [0.4, 0.5) is 0 Å². The number of hydrogen-bond acceptors (Lipinski definition) is 4. The van der Waals surface area contributed by atoms with E-state index < -0.39 is 5.60 Å². The summed E-state index contributed by atoms with van der Waals surface area (Å²) in [6.45, 7) is 0. The second kappa shape index (κ2) is 12.2. The lowest BCUT2D eigenvalue weighted by Gasteiger charge is -2.30. The summed E-state index contributed by atoms with van der Waals surface area (Å²) in [7, 11) is 0. The zero-order valence-electron chi connectivity index (χ0n) is 15.2. The number of halogens is 3. The van der Waals surface area contributed by atoms with Gasteiger partial charge in [-0.15, -0.1) is 22.7 Å². The molecule has 2 fully saturated rings. The standard InChI is InChI=1S/C10H13BrOS.C6H10O.C4H2Br2S/c11-9-5-4-8(13-9)10(12)6-2-1-3-7-10;7-6-4-2-1-3-5-6;5-3-1-2-4(6)7-3/h4-5,12H,1-3,6-7H2;1-5H2;1-2H. The van der Waals surface area contributed by atoms with E-state index in [1.807, 2.05) is 24.3 Å². The van der Waals surface area contributed by atoms with Crippen molar-refractivity contribution in [3.8, 4) is 0 Å². The molecule has 7 heteroatoms. The van der Waals surface area contributed by atoms with Gasteiger partial charge in [0.1, 0.15) is 5.78 Å². The van der Waals surface area contributed by atoms with E-state index in [-0.39, 0.29) is 0 Å². The number of carbonyl (C=O) groups is 1. The molecule has 2 saturated carbocycles. The van der Waals surface area contributed by atoms with Gasteiger partial charge in [0.2, 0.25) is 0 Å². The lowest BCUT2D eigenvalue weighted by molar-refractivity contribution is -0.120. The molecule has 0 atom stereocenters. The number of aliphatic hydroxyl groups is 1. The first-order valence-electron chi connectivity index (χ1n) is 9.30. The second-order valence-electron chi connectivity index (χ2n) is 6.84. The highest BCUT2D eigenvalue weighted by atomic mass is 79.9. The van der Waals surface area contributed by atoms with Crippen molar-refractivity contribution in [2.75, 3.05) is 0 Å². The first-order valence-corrected chi connectivity index (χ1v) is 13.3.